The number of carboxylic acids is 1. The molecular weight excluding hydrogens is 258 g/mol. The summed E-state index contributed by atoms with van der Waals surface area (Å²) in [4.78, 5) is 22.5. The van der Waals surface area contributed by atoms with Crippen molar-refractivity contribution in [2.45, 2.75) is 38.5 Å². The number of carbonyl (C=O) groups excluding carboxylic acids is 1. The molecule has 2 rings (SSSR count). The zero-order valence-corrected chi connectivity index (χ0v) is 11.3. The van der Waals surface area contributed by atoms with Crippen LogP contribution in [0, 0.1) is 5.92 Å². The molecule has 0 atom stereocenters. The number of hydrogen-bond acceptors (Lipinski definition) is 3. The maximum atomic E-state index is 11.8. The van der Waals surface area contributed by atoms with Crippen LogP contribution in [0.25, 0.3) is 0 Å². The number of carboxylic acid groups (broad SMARTS) is 1. The molecule has 1 aliphatic carbocycles. The Morgan fingerprint density at radius 3 is 2.55 bits per heavy atom. The monoisotopic (exact) mass is 277 g/mol. The zero-order chi connectivity index (χ0) is 14.5. The molecule has 0 heterocycles. The lowest BCUT2D eigenvalue weighted by molar-refractivity contribution is -0.116. The Labute approximate surface area is 117 Å². The van der Waals surface area contributed by atoms with E-state index >= 15 is 0 Å². The smallest absolute Gasteiger partial charge is 0.335 e. The number of phenolic OH excluding ortho intramolecular Hbond substituents is 1. The summed E-state index contributed by atoms with van der Waals surface area (Å²) in [5.74, 6) is -0.836. The van der Waals surface area contributed by atoms with Crippen LogP contribution in [0.4, 0.5) is 5.69 Å². The molecule has 0 saturated heterocycles. The molecule has 0 spiro atoms. The van der Waals surface area contributed by atoms with Crippen LogP contribution in [0.15, 0.2) is 18.2 Å². The number of aromatic carboxylic acids is 1. The highest BCUT2D eigenvalue weighted by Crippen LogP contribution is 2.29. The van der Waals surface area contributed by atoms with E-state index in [0.29, 0.717) is 12.3 Å². The lowest BCUT2D eigenvalue weighted by Crippen LogP contribution is -2.13. The Balaban J connectivity index is 1.88. The molecule has 1 aromatic rings. The molecule has 20 heavy (non-hydrogen) atoms. The Bertz CT molecular complexity index is 507. The second kappa shape index (κ2) is 6.41. The minimum atomic E-state index is -1.11. The van der Waals surface area contributed by atoms with Gasteiger partial charge in [-0.05, 0) is 30.5 Å². The third kappa shape index (κ3) is 3.73. The maximum Gasteiger partial charge on any atom is 0.335 e. The molecule has 0 aliphatic heterocycles. The molecule has 0 aromatic heterocycles. The van der Waals surface area contributed by atoms with E-state index in [2.05, 4.69) is 5.32 Å². The van der Waals surface area contributed by atoms with Gasteiger partial charge in [-0.1, -0.05) is 25.7 Å². The van der Waals surface area contributed by atoms with Crippen LogP contribution < -0.4 is 5.32 Å². The summed E-state index contributed by atoms with van der Waals surface area (Å²) in [7, 11) is 0. The van der Waals surface area contributed by atoms with Gasteiger partial charge in [0.25, 0.3) is 0 Å². The van der Waals surface area contributed by atoms with Gasteiger partial charge in [0.1, 0.15) is 5.75 Å². The lowest BCUT2D eigenvalue weighted by atomic mass is 10.0. The Hall–Kier alpha value is -2.04. The van der Waals surface area contributed by atoms with Crippen LogP contribution in [-0.4, -0.2) is 22.1 Å². The molecule has 5 nitrogen and oxygen atoms in total. The van der Waals surface area contributed by atoms with E-state index in [1.165, 1.54) is 37.8 Å². The molecule has 5 heteroatoms. The second-order valence-electron chi connectivity index (χ2n) is 5.27. The van der Waals surface area contributed by atoms with E-state index in [0.717, 1.165) is 12.5 Å². The second-order valence-corrected chi connectivity index (χ2v) is 5.27. The van der Waals surface area contributed by atoms with Crippen LogP contribution in [0.3, 0.4) is 0 Å². The van der Waals surface area contributed by atoms with Crippen LogP contribution in [0.5, 0.6) is 5.75 Å². The van der Waals surface area contributed by atoms with Gasteiger partial charge in [0.15, 0.2) is 0 Å². The number of phenols is 1. The average Bonchev–Trinajstić information content (AvgIpc) is 2.91. The van der Waals surface area contributed by atoms with E-state index in [9.17, 15) is 14.7 Å². The Kier molecular flexibility index (Phi) is 4.61. The van der Waals surface area contributed by atoms with Crippen LogP contribution >= 0.6 is 0 Å². The topological polar surface area (TPSA) is 86.6 Å². The van der Waals surface area contributed by atoms with Gasteiger partial charge < -0.3 is 15.5 Å². The number of anilines is 1. The average molecular weight is 277 g/mol. The molecule has 0 unspecified atom stereocenters. The van der Waals surface area contributed by atoms with E-state index < -0.39 is 5.97 Å². The number of rotatable bonds is 5. The molecule has 0 radical (unpaired) electrons. The molecule has 1 aromatic carbocycles. The standard InChI is InChI=1S/C15H19NO4/c17-13-9-11(15(19)20)6-7-12(13)16-14(18)8-5-10-3-1-2-4-10/h6-7,9-10,17H,1-5,8H2,(H,16,18)(H,19,20). The summed E-state index contributed by atoms with van der Waals surface area (Å²) in [5, 5.41) is 21.1. The molecule has 1 fully saturated rings. The summed E-state index contributed by atoms with van der Waals surface area (Å²) in [5.41, 5.74) is 0.248. The van der Waals surface area contributed by atoms with Gasteiger partial charge in [0, 0.05) is 6.42 Å². The summed E-state index contributed by atoms with van der Waals surface area (Å²) in [6, 6.07) is 3.90. The van der Waals surface area contributed by atoms with Gasteiger partial charge in [0.05, 0.1) is 11.3 Å². The quantitative estimate of drug-likeness (QED) is 0.722. The summed E-state index contributed by atoms with van der Waals surface area (Å²) >= 11 is 0. The zero-order valence-electron chi connectivity index (χ0n) is 11.3. The molecule has 1 saturated carbocycles. The molecule has 0 bridgehead atoms. The minimum Gasteiger partial charge on any atom is -0.506 e. The van der Waals surface area contributed by atoms with E-state index in [4.69, 9.17) is 5.11 Å². The molecule has 1 amide bonds. The third-order valence-corrected chi connectivity index (χ3v) is 3.77. The van der Waals surface area contributed by atoms with Crippen molar-refractivity contribution in [3.05, 3.63) is 23.8 Å². The van der Waals surface area contributed by atoms with Gasteiger partial charge >= 0.3 is 5.97 Å². The maximum absolute atomic E-state index is 11.8. The van der Waals surface area contributed by atoms with Crippen molar-refractivity contribution < 1.29 is 19.8 Å². The fourth-order valence-electron chi connectivity index (χ4n) is 2.62. The number of hydrogen-bond donors (Lipinski definition) is 3. The van der Waals surface area contributed by atoms with E-state index in [-0.39, 0.29) is 22.9 Å². The lowest BCUT2D eigenvalue weighted by Gasteiger charge is -2.10. The van der Waals surface area contributed by atoms with Gasteiger partial charge in [0.2, 0.25) is 5.91 Å². The first kappa shape index (κ1) is 14.4. The summed E-state index contributed by atoms with van der Waals surface area (Å²) in [6.07, 6.45) is 6.22. The van der Waals surface area contributed by atoms with Gasteiger partial charge in [-0.2, -0.15) is 0 Å². The predicted molar refractivity (Wildman–Crippen MR) is 74.9 cm³/mol. The van der Waals surface area contributed by atoms with Crippen molar-refractivity contribution in [1.29, 1.82) is 0 Å². The Morgan fingerprint density at radius 2 is 1.95 bits per heavy atom. The highest BCUT2D eigenvalue weighted by Gasteiger charge is 2.16. The van der Waals surface area contributed by atoms with Gasteiger partial charge in [-0.3, -0.25) is 4.79 Å². The van der Waals surface area contributed by atoms with Crippen molar-refractivity contribution in [1.82, 2.24) is 0 Å². The van der Waals surface area contributed by atoms with Crippen molar-refractivity contribution in [2.24, 2.45) is 5.92 Å². The highest BCUT2D eigenvalue weighted by atomic mass is 16.4. The van der Waals surface area contributed by atoms with Crippen molar-refractivity contribution in [3.8, 4) is 5.75 Å². The van der Waals surface area contributed by atoms with Gasteiger partial charge in [-0.15, -0.1) is 0 Å². The number of carbonyl (C=O) groups is 2. The van der Waals surface area contributed by atoms with Crippen molar-refractivity contribution in [2.75, 3.05) is 5.32 Å². The van der Waals surface area contributed by atoms with Crippen LogP contribution in [-0.2, 0) is 4.79 Å². The van der Waals surface area contributed by atoms with E-state index in [1.807, 2.05) is 0 Å². The van der Waals surface area contributed by atoms with Crippen molar-refractivity contribution in [3.63, 3.8) is 0 Å². The number of amides is 1. The first-order valence-corrected chi connectivity index (χ1v) is 6.92. The molecule has 108 valence electrons. The fourth-order valence-corrected chi connectivity index (χ4v) is 2.62. The fraction of sp³-hybridized carbons (Fsp3) is 0.467. The summed E-state index contributed by atoms with van der Waals surface area (Å²) in [6.45, 7) is 0. The first-order valence-electron chi connectivity index (χ1n) is 6.92. The molecular formula is C15H19NO4. The van der Waals surface area contributed by atoms with E-state index in [1.54, 1.807) is 0 Å². The van der Waals surface area contributed by atoms with Gasteiger partial charge in [-0.25, -0.2) is 4.79 Å². The predicted octanol–water partition coefficient (Wildman–Crippen LogP) is 3.00. The molecule has 1 aliphatic rings. The van der Waals surface area contributed by atoms with Crippen LogP contribution in [0.1, 0.15) is 48.9 Å². The van der Waals surface area contributed by atoms with Crippen LogP contribution in [0.2, 0.25) is 0 Å². The minimum absolute atomic E-state index is 0.00791. The Morgan fingerprint density at radius 1 is 1.25 bits per heavy atom. The SMILES string of the molecule is O=C(CCC1CCCC1)Nc1ccc(C(=O)O)cc1O. The first-order chi connectivity index (χ1) is 9.56. The highest BCUT2D eigenvalue weighted by molar-refractivity contribution is 5.94. The third-order valence-electron chi connectivity index (χ3n) is 3.77. The number of nitrogens with one attached hydrogen (secondary N) is 1. The summed E-state index contributed by atoms with van der Waals surface area (Å²) < 4.78 is 0. The largest absolute Gasteiger partial charge is 0.506 e. The molecule has 3 N–H and O–H groups in total. The van der Waals surface area contributed by atoms with Crippen molar-refractivity contribution >= 4 is 17.6 Å². The number of benzene rings is 1. The number of aromatic hydroxyl groups is 1. The normalized spacial score (nSPS) is 15.2.